The van der Waals surface area contributed by atoms with E-state index >= 15 is 0 Å². The summed E-state index contributed by atoms with van der Waals surface area (Å²) in [6.45, 7) is 14.1. The zero-order valence-corrected chi connectivity index (χ0v) is 16.4. The van der Waals surface area contributed by atoms with Crippen LogP contribution in [0.5, 0.6) is 0 Å². The third kappa shape index (κ3) is 6.60. The molecule has 1 unspecified atom stereocenters. The van der Waals surface area contributed by atoms with Gasteiger partial charge < -0.3 is 20.4 Å². The van der Waals surface area contributed by atoms with E-state index < -0.39 is 0 Å². The van der Waals surface area contributed by atoms with E-state index in [1.807, 2.05) is 7.05 Å². The Kier molecular flexibility index (Phi) is 8.33. The molecule has 0 aromatic carbocycles. The number of rotatable bonds is 6. The van der Waals surface area contributed by atoms with Crippen LogP contribution in [0.2, 0.25) is 0 Å². The van der Waals surface area contributed by atoms with Crippen molar-refractivity contribution in [1.29, 1.82) is 0 Å². The maximum atomic E-state index is 4.42. The van der Waals surface area contributed by atoms with Crippen LogP contribution in [0.15, 0.2) is 4.99 Å². The summed E-state index contributed by atoms with van der Waals surface area (Å²) in [7, 11) is 1.88. The van der Waals surface area contributed by atoms with Crippen LogP contribution in [0.25, 0.3) is 0 Å². The van der Waals surface area contributed by atoms with Crippen LogP contribution < -0.4 is 10.6 Å². The first-order chi connectivity index (χ1) is 11.6. The fourth-order valence-electron chi connectivity index (χ4n) is 3.87. The van der Waals surface area contributed by atoms with Gasteiger partial charge in [0, 0.05) is 45.3 Å². The van der Waals surface area contributed by atoms with Crippen LogP contribution in [0.1, 0.15) is 52.9 Å². The highest BCUT2D eigenvalue weighted by molar-refractivity contribution is 5.79. The van der Waals surface area contributed by atoms with Crippen molar-refractivity contribution in [2.24, 2.45) is 10.9 Å². The van der Waals surface area contributed by atoms with Crippen molar-refractivity contribution in [1.82, 2.24) is 20.4 Å². The predicted octanol–water partition coefficient (Wildman–Crippen LogP) is 2.15. The minimum Gasteiger partial charge on any atom is -0.356 e. The molecular weight excluding hydrogens is 298 g/mol. The molecule has 0 aromatic rings. The fraction of sp³-hybridized carbons (Fsp3) is 0.947. The third-order valence-electron chi connectivity index (χ3n) is 5.46. The Hall–Kier alpha value is -0.810. The van der Waals surface area contributed by atoms with Gasteiger partial charge in [0.25, 0.3) is 0 Å². The van der Waals surface area contributed by atoms with Crippen LogP contribution in [0, 0.1) is 5.92 Å². The van der Waals surface area contributed by atoms with Crippen LogP contribution in [-0.2, 0) is 0 Å². The molecule has 0 amide bonds. The molecule has 2 aliphatic heterocycles. The molecule has 2 fully saturated rings. The van der Waals surface area contributed by atoms with Crippen molar-refractivity contribution in [3.8, 4) is 0 Å². The van der Waals surface area contributed by atoms with Crippen molar-refractivity contribution in [2.45, 2.75) is 65.0 Å². The molecule has 5 heteroatoms. The lowest BCUT2D eigenvalue weighted by molar-refractivity contribution is 0.167. The summed E-state index contributed by atoms with van der Waals surface area (Å²) in [4.78, 5) is 9.61. The molecule has 0 aromatic heterocycles. The van der Waals surface area contributed by atoms with Gasteiger partial charge in [-0.1, -0.05) is 13.3 Å². The van der Waals surface area contributed by atoms with E-state index in [1.54, 1.807) is 0 Å². The zero-order chi connectivity index (χ0) is 17.4. The number of piperidine rings is 2. The van der Waals surface area contributed by atoms with Gasteiger partial charge in [-0.3, -0.25) is 4.99 Å². The lowest BCUT2D eigenvalue weighted by Crippen LogP contribution is -2.50. The first-order valence-corrected chi connectivity index (χ1v) is 10.0. The van der Waals surface area contributed by atoms with E-state index in [9.17, 15) is 0 Å². The number of nitrogens with zero attached hydrogens (tertiary/aromatic N) is 3. The maximum absolute atomic E-state index is 4.42. The van der Waals surface area contributed by atoms with Gasteiger partial charge in [-0.2, -0.15) is 0 Å². The minimum atomic E-state index is 0.559. The SMILES string of the molecule is CN=C(NCC(C)CN1CCCCC1)NC1CCN(C(C)C)CC1. The molecule has 0 bridgehead atoms. The van der Waals surface area contributed by atoms with Crippen molar-refractivity contribution in [3.05, 3.63) is 0 Å². The second kappa shape index (κ2) is 10.2. The average molecular weight is 338 g/mol. The lowest BCUT2D eigenvalue weighted by atomic mass is 10.0. The molecule has 1 atom stereocenters. The van der Waals surface area contributed by atoms with Gasteiger partial charge in [0.15, 0.2) is 5.96 Å². The van der Waals surface area contributed by atoms with Crippen molar-refractivity contribution >= 4 is 5.96 Å². The maximum Gasteiger partial charge on any atom is 0.191 e. The molecule has 24 heavy (non-hydrogen) atoms. The van der Waals surface area contributed by atoms with Crippen molar-refractivity contribution in [2.75, 3.05) is 46.3 Å². The van der Waals surface area contributed by atoms with Gasteiger partial charge in [0.05, 0.1) is 0 Å². The van der Waals surface area contributed by atoms with Crippen molar-refractivity contribution in [3.63, 3.8) is 0 Å². The first kappa shape index (κ1) is 19.5. The summed E-state index contributed by atoms with van der Waals surface area (Å²) in [5, 5.41) is 7.16. The quantitative estimate of drug-likeness (QED) is 0.576. The third-order valence-corrected chi connectivity index (χ3v) is 5.46. The van der Waals surface area contributed by atoms with E-state index in [0.29, 0.717) is 18.0 Å². The van der Waals surface area contributed by atoms with Crippen LogP contribution in [0.3, 0.4) is 0 Å². The molecule has 0 aliphatic carbocycles. The summed E-state index contributed by atoms with van der Waals surface area (Å²) in [6, 6.07) is 1.22. The number of guanidine groups is 1. The zero-order valence-electron chi connectivity index (χ0n) is 16.4. The Bertz CT molecular complexity index is 368. The number of hydrogen-bond acceptors (Lipinski definition) is 3. The molecule has 140 valence electrons. The van der Waals surface area contributed by atoms with Gasteiger partial charge in [0.1, 0.15) is 0 Å². The van der Waals surface area contributed by atoms with Crippen molar-refractivity contribution < 1.29 is 0 Å². The first-order valence-electron chi connectivity index (χ1n) is 10.0. The highest BCUT2D eigenvalue weighted by Crippen LogP contribution is 2.13. The summed E-state index contributed by atoms with van der Waals surface area (Å²) in [6.07, 6.45) is 6.58. The number of likely N-dealkylation sites (tertiary alicyclic amines) is 2. The summed E-state index contributed by atoms with van der Waals surface area (Å²) in [5.74, 6) is 1.63. The number of hydrogen-bond donors (Lipinski definition) is 2. The monoisotopic (exact) mass is 337 g/mol. The van der Waals surface area contributed by atoms with Gasteiger partial charge in [0.2, 0.25) is 0 Å². The molecule has 2 saturated heterocycles. The highest BCUT2D eigenvalue weighted by Gasteiger charge is 2.21. The lowest BCUT2D eigenvalue weighted by Gasteiger charge is -2.35. The Morgan fingerprint density at radius 2 is 1.71 bits per heavy atom. The molecule has 2 heterocycles. The van der Waals surface area contributed by atoms with Crippen LogP contribution >= 0.6 is 0 Å². The molecule has 5 nitrogen and oxygen atoms in total. The standard InChI is InChI=1S/C19H39N5/c1-16(2)24-12-8-18(9-13-24)22-19(20-4)21-14-17(3)15-23-10-6-5-7-11-23/h16-18H,5-15H2,1-4H3,(H2,20,21,22). The fourth-order valence-corrected chi connectivity index (χ4v) is 3.87. The highest BCUT2D eigenvalue weighted by atomic mass is 15.2. The van der Waals surface area contributed by atoms with Gasteiger partial charge >= 0.3 is 0 Å². The van der Waals surface area contributed by atoms with Gasteiger partial charge in [-0.25, -0.2) is 0 Å². The number of aliphatic imine (C=N–C) groups is 1. The summed E-state index contributed by atoms with van der Waals surface area (Å²) in [5.41, 5.74) is 0. The summed E-state index contributed by atoms with van der Waals surface area (Å²) < 4.78 is 0. The van der Waals surface area contributed by atoms with E-state index in [4.69, 9.17) is 0 Å². The molecule has 0 saturated carbocycles. The van der Waals surface area contributed by atoms with Gasteiger partial charge in [-0.05, 0) is 58.5 Å². The topological polar surface area (TPSA) is 42.9 Å². The Morgan fingerprint density at radius 1 is 1.04 bits per heavy atom. The molecule has 2 rings (SSSR count). The van der Waals surface area contributed by atoms with E-state index in [1.165, 1.54) is 64.8 Å². The Balaban J connectivity index is 1.65. The van der Waals surface area contributed by atoms with Gasteiger partial charge in [-0.15, -0.1) is 0 Å². The van der Waals surface area contributed by atoms with E-state index in [2.05, 4.69) is 46.2 Å². The molecule has 0 radical (unpaired) electrons. The van der Waals surface area contributed by atoms with E-state index in [0.717, 1.165) is 12.5 Å². The second-order valence-electron chi connectivity index (χ2n) is 7.97. The van der Waals surface area contributed by atoms with Crippen LogP contribution in [-0.4, -0.2) is 74.2 Å². The number of nitrogens with one attached hydrogen (secondary N) is 2. The summed E-state index contributed by atoms with van der Waals surface area (Å²) >= 11 is 0. The minimum absolute atomic E-state index is 0.559. The Labute approximate surface area is 149 Å². The Morgan fingerprint density at radius 3 is 2.29 bits per heavy atom. The predicted molar refractivity (Wildman–Crippen MR) is 104 cm³/mol. The normalized spacial score (nSPS) is 23.5. The molecule has 2 N–H and O–H groups in total. The van der Waals surface area contributed by atoms with E-state index in [-0.39, 0.29) is 0 Å². The molecule has 2 aliphatic rings. The smallest absolute Gasteiger partial charge is 0.191 e. The van der Waals surface area contributed by atoms with Crippen LogP contribution in [0.4, 0.5) is 0 Å². The second-order valence-corrected chi connectivity index (χ2v) is 7.97. The molecular formula is C19H39N5. The largest absolute Gasteiger partial charge is 0.356 e. The average Bonchev–Trinajstić information content (AvgIpc) is 2.60. The molecule has 0 spiro atoms.